The van der Waals surface area contributed by atoms with Gasteiger partial charge in [0.2, 0.25) is 0 Å². The predicted molar refractivity (Wildman–Crippen MR) is 64.1 cm³/mol. The molecule has 1 fully saturated rings. The van der Waals surface area contributed by atoms with Crippen molar-refractivity contribution < 1.29 is 4.74 Å². The quantitative estimate of drug-likeness (QED) is 0.649. The first-order chi connectivity index (χ1) is 7.85. The fraction of sp³-hybridized carbons (Fsp3) is 0.333. The summed E-state index contributed by atoms with van der Waals surface area (Å²) in [6, 6.07) is 8.72. The molecule has 0 N–H and O–H groups in total. The lowest BCUT2D eigenvalue weighted by Crippen LogP contribution is -2.19. The third-order valence-corrected chi connectivity index (χ3v) is 4.21. The van der Waals surface area contributed by atoms with Crippen LogP contribution < -0.4 is 0 Å². The molecule has 0 aromatic heterocycles. The molecule has 0 radical (unpaired) electrons. The van der Waals surface area contributed by atoms with E-state index in [1.54, 1.807) is 0 Å². The van der Waals surface area contributed by atoms with Crippen molar-refractivity contribution in [3.05, 3.63) is 53.1 Å². The smallest absolute Gasteiger partial charge is 0.121 e. The van der Waals surface area contributed by atoms with Crippen LogP contribution in [0.25, 0.3) is 5.57 Å². The van der Waals surface area contributed by atoms with Crippen LogP contribution in [0.2, 0.25) is 0 Å². The Labute approximate surface area is 95.4 Å². The largest absolute Gasteiger partial charge is 0.357 e. The fourth-order valence-electron chi connectivity index (χ4n) is 3.27. The number of allylic oxidation sites excluding steroid dienone is 2. The highest BCUT2D eigenvalue weighted by molar-refractivity contribution is 5.86. The highest BCUT2D eigenvalue weighted by Crippen LogP contribution is 2.55. The van der Waals surface area contributed by atoms with Gasteiger partial charge in [0.15, 0.2) is 0 Å². The van der Waals surface area contributed by atoms with Crippen molar-refractivity contribution in [2.24, 2.45) is 0 Å². The van der Waals surface area contributed by atoms with Gasteiger partial charge in [-0.15, -0.1) is 0 Å². The molecule has 16 heavy (non-hydrogen) atoms. The summed E-state index contributed by atoms with van der Waals surface area (Å²) in [6.45, 7) is 2.23. The van der Waals surface area contributed by atoms with Gasteiger partial charge in [0.05, 0.1) is 0 Å². The van der Waals surface area contributed by atoms with Gasteiger partial charge >= 0.3 is 0 Å². The van der Waals surface area contributed by atoms with E-state index >= 15 is 0 Å². The van der Waals surface area contributed by atoms with Gasteiger partial charge in [-0.2, -0.15) is 0 Å². The maximum atomic E-state index is 5.92. The zero-order valence-electron chi connectivity index (χ0n) is 9.36. The first kappa shape index (κ1) is 8.77. The fourth-order valence-corrected chi connectivity index (χ4v) is 3.27. The van der Waals surface area contributed by atoms with Crippen molar-refractivity contribution in [3.63, 3.8) is 0 Å². The van der Waals surface area contributed by atoms with Crippen LogP contribution in [0.4, 0.5) is 0 Å². The van der Waals surface area contributed by atoms with Gasteiger partial charge < -0.3 is 4.74 Å². The Morgan fingerprint density at radius 1 is 1.38 bits per heavy atom. The molecular weight excluding hydrogens is 196 g/mol. The van der Waals surface area contributed by atoms with Gasteiger partial charge in [0.25, 0.3) is 0 Å². The van der Waals surface area contributed by atoms with Gasteiger partial charge in [-0.05, 0) is 35.1 Å². The minimum Gasteiger partial charge on any atom is -0.357 e. The number of epoxide rings is 1. The second-order valence-electron chi connectivity index (χ2n) is 4.87. The molecular formula is C15H14O. The SMILES string of the molecule is CCC12OC1C=CC1=C2Cc2ccccc21. The van der Waals surface area contributed by atoms with E-state index in [2.05, 4.69) is 43.3 Å². The molecule has 1 heteroatoms. The molecule has 0 saturated carbocycles. The summed E-state index contributed by atoms with van der Waals surface area (Å²) in [7, 11) is 0. The molecule has 0 bridgehead atoms. The summed E-state index contributed by atoms with van der Waals surface area (Å²) in [6.07, 6.45) is 7.01. The summed E-state index contributed by atoms with van der Waals surface area (Å²) < 4.78 is 5.92. The minimum absolute atomic E-state index is 0.0586. The van der Waals surface area contributed by atoms with E-state index in [1.165, 1.54) is 22.3 Å². The molecule has 1 aliphatic heterocycles. The summed E-state index contributed by atoms with van der Waals surface area (Å²) in [4.78, 5) is 0. The average Bonchev–Trinajstić information content (AvgIpc) is 2.96. The van der Waals surface area contributed by atoms with Crippen molar-refractivity contribution >= 4 is 5.57 Å². The van der Waals surface area contributed by atoms with Gasteiger partial charge in [-0.1, -0.05) is 43.3 Å². The Morgan fingerprint density at radius 3 is 3.12 bits per heavy atom. The molecule has 1 nitrogen and oxygen atoms in total. The van der Waals surface area contributed by atoms with Gasteiger partial charge in [-0.3, -0.25) is 0 Å². The molecule has 1 aromatic rings. The molecule has 0 amide bonds. The zero-order chi connectivity index (χ0) is 10.8. The normalized spacial score (nSPS) is 33.4. The number of rotatable bonds is 1. The van der Waals surface area contributed by atoms with E-state index in [0.717, 1.165) is 12.8 Å². The lowest BCUT2D eigenvalue weighted by atomic mass is 9.85. The second-order valence-corrected chi connectivity index (χ2v) is 4.87. The van der Waals surface area contributed by atoms with E-state index in [4.69, 9.17) is 4.74 Å². The van der Waals surface area contributed by atoms with Crippen LogP contribution in [-0.4, -0.2) is 11.7 Å². The maximum Gasteiger partial charge on any atom is 0.121 e. The average molecular weight is 210 g/mol. The molecule has 4 rings (SSSR count). The van der Waals surface area contributed by atoms with Crippen LogP contribution in [0.3, 0.4) is 0 Å². The number of fused-ring (bicyclic) bond motifs is 4. The summed E-state index contributed by atoms with van der Waals surface area (Å²) >= 11 is 0. The Kier molecular flexibility index (Phi) is 1.46. The lowest BCUT2D eigenvalue weighted by molar-refractivity contribution is 0.322. The standard InChI is InChI=1S/C15H14O/c1-2-15-13-9-10-5-3-4-6-11(10)12(13)7-8-14(15)16-15/h3-8,14H,2,9H2,1H3. The van der Waals surface area contributed by atoms with Gasteiger partial charge in [-0.25, -0.2) is 0 Å². The molecule has 1 aromatic carbocycles. The van der Waals surface area contributed by atoms with Crippen molar-refractivity contribution in [2.45, 2.75) is 31.5 Å². The summed E-state index contributed by atoms with van der Waals surface area (Å²) in [5, 5.41) is 0. The molecule has 2 atom stereocenters. The summed E-state index contributed by atoms with van der Waals surface area (Å²) in [5.41, 5.74) is 5.87. The van der Waals surface area contributed by atoms with Crippen LogP contribution in [0.1, 0.15) is 24.5 Å². The number of hydrogen-bond acceptors (Lipinski definition) is 1. The van der Waals surface area contributed by atoms with E-state index in [1.807, 2.05) is 0 Å². The Hall–Kier alpha value is -1.34. The Balaban J connectivity index is 1.91. The molecule has 1 saturated heterocycles. The van der Waals surface area contributed by atoms with Crippen LogP contribution in [0.5, 0.6) is 0 Å². The van der Waals surface area contributed by atoms with Gasteiger partial charge in [0.1, 0.15) is 11.7 Å². The Morgan fingerprint density at radius 2 is 2.25 bits per heavy atom. The van der Waals surface area contributed by atoms with E-state index in [-0.39, 0.29) is 5.60 Å². The molecule has 2 unspecified atom stereocenters. The highest BCUT2D eigenvalue weighted by Gasteiger charge is 2.59. The zero-order valence-corrected chi connectivity index (χ0v) is 9.36. The van der Waals surface area contributed by atoms with Crippen LogP contribution in [0.15, 0.2) is 42.0 Å². The molecule has 3 aliphatic rings. The predicted octanol–water partition coefficient (Wildman–Crippen LogP) is 3.11. The van der Waals surface area contributed by atoms with E-state index < -0.39 is 0 Å². The highest BCUT2D eigenvalue weighted by atomic mass is 16.6. The maximum absolute atomic E-state index is 5.92. The monoisotopic (exact) mass is 210 g/mol. The molecule has 80 valence electrons. The summed E-state index contributed by atoms with van der Waals surface area (Å²) in [5.74, 6) is 0. The lowest BCUT2D eigenvalue weighted by Gasteiger charge is -2.16. The number of ether oxygens (including phenoxy) is 1. The van der Waals surface area contributed by atoms with Crippen molar-refractivity contribution in [1.29, 1.82) is 0 Å². The van der Waals surface area contributed by atoms with Crippen molar-refractivity contribution in [1.82, 2.24) is 0 Å². The third kappa shape index (κ3) is 0.863. The third-order valence-electron chi connectivity index (χ3n) is 4.21. The first-order valence-electron chi connectivity index (χ1n) is 6.03. The molecule has 2 aliphatic carbocycles. The minimum atomic E-state index is 0.0586. The molecule has 0 spiro atoms. The van der Waals surface area contributed by atoms with Crippen LogP contribution in [0, 0.1) is 0 Å². The van der Waals surface area contributed by atoms with Crippen LogP contribution in [-0.2, 0) is 11.2 Å². The number of benzene rings is 1. The van der Waals surface area contributed by atoms with Crippen molar-refractivity contribution in [3.8, 4) is 0 Å². The topological polar surface area (TPSA) is 12.5 Å². The van der Waals surface area contributed by atoms with E-state index in [0.29, 0.717) is 6.10 Å². The Bertz CT molecular complexity index is 538. The van der Waals surface area contributed by atoms with Crippen molar-refractivity contribution in [2.75, 3.05) is 0 Å². The second kappa shape index (κ2) is 2.67. The van der Waals surface area contributed by atoms with Gasteiger partial charge in [0, 0.05) is 0 Å². The first-order valence-corrected chi connectivity index (χ1v) is 6.03. The van der Waals surface area contributed by atoms with Crippen LogP contribution >= 0.6 is 0 Å². The molecule has 1 heterocycles. The number of hydrogen-bond donors (Lipinski definition) is 0. The van der Waals surface area contributed by atoms with E-state index in [9.17, 15) is 0 Å².